The van der Waals surface area contributed by atoms with Gasteiger partial charge in [-0.25, -0.2) is 4.98 Å². The van der Waals surface area contributed by atoms with E-state index in [0.29, 0.717) is 19.0 Å². The van der Waals surface area contributed by atoms with Gasteiger partial charge >= 0.3 is 5.97 Å². The number of methoxy groups -OCH3 is 1. The molecule has 2 rings (SSSR count). The molecule has 1 aromatic heterocycles. The van der Waals surface area contributed by atoms with Crippen molar-refractivity contribution in [1.29, 1.82) is 0 Å². The standard InChI is InChI=1S/C20H28N2O3/c1-15(19(23)24-5)12-22(13-16-9-7-6-8-10-16)14-18-21-11-17(25-18)20(2,3)4/h6-11,15H,12-14H2,1-5H3. The Morgan fingerprint density at radius 3 is 2.48 bits per heavy atom. The molecular weight excluding hydrogens is 316 g/mol. The van der Waals surface area contributed by atoms with Gasteiger partial charge in [0, 0.05) is 18.5 Å². The van der Waals surface area contributed by atoms with E-state index in [1.165, 1.54) is 12.7 Å². The molecule has 0 aliphatic heterocycles. The SMILES string of the molecule is COC(=O)C(C)CN(Cc1ccccc1)Cc1ncc(C(C)(C)C)o1. The molecule has 5 heteroatoms. The fourth-order valence-electron chi connectivity index (χ4n) is 2.61. The molecule has 1 aromatic carbocycles. The first-order valence-corrected chi connectivity index (χ1v) is 8.59. The van der Waals surface area contributed by atoms with Gasteiger partial charge in [-0.2, -0.15) is 0 Å². The zero-order valence-electron chi connectivity index (χ0n) is 15.8. The summed E-state index contributed by atoms with van der Waals surface area (Å²) in [7, 11) is 1.42. The van der Waals surface area contributed by atoms with E-state index in [-0.39, 0.29) is 17.3 Å². The van der Waals surface area contributed by atoms with Gasteiger partial charge in [0.05, 0.1) is 25.8 Å². The highest BCUT2D eigenvalue weighted by molar-refractivity contribution is 5.72. The molecule has 1 atom stereocenters. The normalized spacial score (nSPS) is 13.0. The fraction of sp³-hybridized carbons (Fsp3) is 0.500. The summed E-state index contributed by atoms with van der Waals surface area (Å²) in [6.45, 7) is 10.0. The van der Waals surface area contributed by atoms with Crippen molar-refractivity contribution in [2.75, 3.05) is 13.7 Å². The van der Waals surface area contributed by atoms with Crippen LogP contribution in [0, 0.1) is 5.92 Å². The molecular formula is C20H28N2O3. The minimum absolute atomic E-state index is 0.0746. The lowest BCUT2D eigenvalue weighted by atomic mass is 9.94. The number of benzene rings is 1. The summed E-state index contributed by atoms with van der Waals surface area (Å²) in [5, 5.41) is 0. The molecule has 0 amide bonds. The van der Waals surface area contributed by atoms with E-state index in [0.717, 1.165) is 12.3 Å². The summed E-state index contributed by atoms with van der Waals surface area (Å²) >= 11 is 0. The number of oxazole rings is 1. The van der Waals surface area contributed by atoms with Crippen molar-refractivity contribution >= 4 is 5.97 Å². The van der Waals surface area contributed by atoms with Gasteiger partial charge in [-0.05, 0) is 5.56 Å². The number of rotatable bonds is 7. The van der Waals surface area contributed by atoms with Gasteiger partial charge in [-0.1, -0.05) is 58.0 Å². The number of nitrogens with zero attached hydrogens (tertiary/aromatic N) is 2. The smallest absolute Gasteiger partial charge is 0.309 e. The Balaban J connectivity index is 2.13. The van der Waals surface area contributed by atoms with E-state index in [2.05, 4.69) is 42.8 Å². The molecule has 1 unspecified atom stereocenters. The van der Waals surface area contributed by atoms with Gasteiger partial charge in [0.15, 0.2) is 0 Å². The van der Waals surface area contributed by atoms with Crippen LogP contribution in [0.3, 0.4) is 0 Å². The third-order valence-electron chi connectivity index (χ3n) is 4.04. The lowest BCUT2D eigenvalue weighted by molar-refractivity contribution is -0.145. The zero-order chi connectivity index (χ0) is 18.4. The number of ether oxygens (including phenoxy) is 1. The van der Waals surface area contributed by atoms with Crippen LogP contribution in [0.2, 0.25) is 0 Å². The number of aromatic nitrogens is 1. The highest BCUT2D eigenvalue weighted by Gasteiger charge is 2.22. The average Bonchev–Trinajstić information content (AvgIpc) is 3.03. The first-order chi connectivity index (χ1) is 11.8. The highest BCUT2D eigenvalue weighted by Crippen LogP contribution is 2.23. The summed E-state index contributed by atoms with van der Waals surface area (Å²) in [4.78, 5) is 18.4. The Bertz CT molecular complexity index is 674. The Hall–Kier alpha value is -2.14. The van der Waals surface area contributed by atoms with Gasteiger partial charge in [0.1, 0.15) is 5.76 Å². The van der Waals surface area contributed by atoms with E-state index in [1.807, 2.05) is 25.1 Å². The first kappa shape index (κ1) is 19.2. The predicted molar refractivity (Wildman–Crippen MR) is 96.9 cm³/mol. The topological polar surface area (TPSA) is 55.6 Å². The quantitative estimate of drug-likeness (QED) is 0.715. The Morgan fingerprint density at radius 1 is 1.24 bits per heavy atom. The van der Waals surface area contributed by atoms with Crippen LogP contribution in [0.1, 0.15) is 44.9 Å². The molecule has 0 saturated heterocycles. The van der Waals surface area contributed by atoms with Crippen LogP contribution in [0.15, 0.2) is 40.9 Å². The fourth-order valence-corrected chi connectivity index (χ4v) is 2.61. The van der Waals surface area contributed by atoms with Crippen molar-refractivity contribution in [3.05, 3.63) is 53.7 Å². The molecule has 0 fully saturated rings. The van der Waals surface area contributed by atoms with Gasteiger partial charge in [0.25, 0.3) is 0 Å². The first-order valence-electron chi connectivity index (χ1n) is 8.59. The predicted octanol–water partition coefficient (Wildman–Crippen LogP) is 3.78. The maximum absolute atomic E-state index is 11.8. The van der Waals surface area contributed by atoms with Crippen molar-refractivity contribution in [2.24, 2.45) is 5.92 Å². The van der Waals surface area contributed by atoms with E-state index in [1.54, 1.807) is 6.20 Å². The second kappa shape index (κ2) is 8.30. The third kappa shape index (κ3) is 5.71. The van der Waals surface area contributed by atoms with Gasteiger partial charge in [-0.3, -0.25) is 9.69 Å². The summed E-state index contributed by atoms with van der Waals surface area (Å²) < 4.78 is 10.8. The van der Waals surface area contributed by atoms with Crippen LogP contribution in [0.4, 0.5) is 0 Å². The van der Waals surface area contributed by atoms with Crippen molar-refractivity contribution < 1.29 is 13.9 Å². The molecule has 0 spiro atoms. The maximum Gasteiger partial charge on any atom is 0.309 e. The Morgan fingerprint density at radius 2 is 1.92 bits per heavy atom. The molecule has 0 saturated carbocycles. The van der Waals surface area contributed by atoms with Crippen LogP contribution in [-0.2, 0) is 28.0 Å². The van der Waals surface area contributed by atoms with Crippen molar-refractivity contribution in [3.63, 3.8) is 0 Å². The zero-order valence-corrected chi connectivity index (χ0v) is 15.8. The van der Waals surface area contributed by atoms with Crippen LogP contribution in [-0.4, -0.2) is 29.5 Å². The molecule has 1 heterocycles. The van der Waals surface area contributed by atoms with Crippen molar-refractivity contribution in [3.8, 4) is 0 Å². The second-order valence-electron chi connectivity index (χ2n) is 7.45. The molecule has 0 N–H and O–H groups in total. The van der Waals surface area contributed by atoms with E-state index in [9.17, 15) is 4.79 Å². The molecule has 0 radical (unpaired) electrons. The lowest BCUT2D eigenvalue weighted by Crippen LogP contribution is -2.32. The average molecular weight is 344 g/mol. The summed E-state index contributed by atoms with van der Waals surface area (Å²) in [5.74, 6) is 1.10. The minimum Gasteiger partial charge on any atom is -0.469 e. The maximum atomic E-state index is 11.8. The summed E-state index contributed by atoms with van der Waals surface area (Å²) in [5.41, 5.74) is 1.11. The molecule has 0 aliphatic rings. The molecule has 2 aromatic rings. The number of carbonyl (C=O) groups is 1. The largest absolute Gasteiger partial charge is 0.469 e. The van der Waals surface area contributed by atoms with Gasteiger partial charge in [0.2, 0.25) is 5.89 Å². The Kier molecular flexibility index (Phi) is 6.37. The van der Waals surface area contributed by atoms with Crippen LogP contribution in [0.25, 0.3) is 0 Å². The van der Waals surface area contributed by atoms with E-state index >= 15 is 0 Å². The third-order valence-corrected chi connectivity index (χ3v) is 4.04. The lowest BCUT2D eigenvalue weighted by Gasteiger charge is -2.23. The van der Waals surface area contributed by atoms with E-state index < -0.39 is 0 Å². The second-order valence-corrected chi connectivity index (χ2v) is 7.45. The molecule has 136 valence electrons. The number of hydrogen-bond acceptors (Lipinski definition) is 5. The number of hydrogen-bond donors (Lipinski definition) is 0. The van der Waals surface area contributed by atoms with Crippen molar-refractivity contribution in [2.45, 2.75) is 46.2 Å². The van der Waals surface area contributed by atoms with Crippen LogP contribution in [0.5, 0.6) is 0 Å². The molecule has 0 bridgehead atoms. The van der Waals surface area contributed by atoms with E-state index in [4.69, 9.17) is 9.15 Å². The van der Waals surface area contributed by atoms with Gasteiger partial charge in [-0.15, -0.1) is 0 Å². The Labute approximate surface area is 150 Å². The molecule has 5 nitrogen and oxygen atoms in total. The van der Waals surface area contributed by atoms with Crippen molar-refractivity contribution in [1.82, 2.24) is 9.88 Å². The highest BCUT2D eigenvalue weighted by atomic mass is 16.5. The number of carbonyl (C=O) groups excluding carboxylic acids is 1. The summed E-state index contributed by atoms with van der Waals surface area (Å²) in [6.07, 6.45) is 1.79. The monoisotopic (exact) mass is 344 g/mol. The summed E-state index contributed by atoms with van der Waals surface area (Å²) in [6, 6.07) is 10.2. The number of esters is 1. The van der Waals surface area contributed by atoms with Crippen LogP contribution < -0.4 is 0 Å². The van der Waals surface area contributed by atoms with Gasteiger partial charge < -0.3 is 9.15 Å². The van der Waals surface area contributed by atoms with Crippen LogP contribution >= 0.6 is 0 Å². The minimum atomic E-state index is -0.217. The molecule has 0 aliphatic carbocycles. The molecule has 25 heavy (non-hydrogen) atoms.